The van der Waals surface area contributed by atoms with E-state index in [1.807, 2.05) is 21.0 Å². The molecule has 0 bridgehead atoms. The molecule has 0 aliphatic carbocycles. The van der Waals surface area contributed by atoms with E-state index < -0.39 is 0 Å². The van der Waals surface area contributed by atoms with Gasteiger partial charge >= 0.3 is 5.69 Å². The highest BCUT2D eigenvalue weighted by Crippen LogP contribution is 2.08. The molecule has 130 valence electrons. The highest BCUT2D eigenvalue weighted by Gasteiger charge is 2.09. The van der Waals surface area contributed by atoms with E-state index in [1.54, 1.807) is 0 Å². The van der Waals surface area contributed by atoms with Crippen molar-refractivity contribution in [1.82, 2.24) is 14.0 Å². The zero-order valence-electron chi connectivity index (χ0n) is 14.7. The van der Waals surface area contributed by atoms with Crippen LogP contribution in [-0.2, 0) is 26.1 Å². The summed E-state index contributed by atoms with van der Waals surface area (Å²) >= 11 is 0. The molecule has 0 saturated carbocycles. The minimum absolute atomic E-state index is 0.224. The third kappa shape index (κ3) is 4.35. The maximum absolute atomic E-state index is 12.4. The van der Waals surface area contributed by atoms with Crippen LogP contribution in [-0.4, -0.2) is 28.1 Å². The van der Waals surface area contributed by atoms with Gasteiger partial charge in [-0.15, -0.1) is 0 Å². The number of hydrogen-bond donors (Lipinski definition) is 1. The Balaban J connectivity index is 2.16. The molecule has 24 heavy (non-hydrogen) atoms. The lowest BCUT2D eigenvalue weighted by atomic mass is 10.1. The smallest absolute Gasteiger partial charge is 0.332 e. The third-order valence-corrected chi connectivity index (χ3v) is 3.90. The van der Waals surface area contributed by atoms with Gasteiger partial charge in [0.25, 0.3) is 5.56 Å². The van der Waals surface area contributed by atoms with Gasteiger partial charge in [-0.05, 0) is 38.1 Å². The Morgan fingerprint density at radius 1 is 1.00 bits per heavy atom. The SMILES string of the molecule is CCCn1c(=O)cc(N)n(CCc2ccc(CN(C)C)cc2)c1=O. The van der Waals surface area contributed by atoms with E-state index in [2.05, 4.69) is 29.2 Å². The van der Waals surface area contributed by atoms with Crippen LogP contribution in [0.15, 0.2) is 39.9 Å². The average Bonchev–Trinajstić information content (AvgIpc) is 2.52. The molecule has 0 amide bonds. The second kappa shape index (κ2) is 7.97. The molecule has 0 atom stereocenters. The average molecular weight is 330 g/mol. The number of aromatic nitrogens is 2. The van der Waals surface area contributed by atoms with Gasteiger partial charge < -0.3 is 10.6 Å². The largest absolute Gasteiger partial charge is 0.385 e. The highest BCUT2D eigenvalue weighted by molar-refractivity contribution is 5.27. The van der Waals surface area contributed by atoms with Gasteiger partial charge in [0.15, 0.2) is 0 Å². The first-order valence-corrected chi connectivity index (χ1v) is 8.25. The van der Waals surface area contributed by atoms with E-state index in [1.165, 1.54) is 20.8 Å². The molecule has 0 radical (unpaired) electrons. The number of benzene rings is 1. The quantitative estimate of drug-likeness (QED) is 0.831. The molecule has 0 aliphatic heterocycles. The van der Waals surface area contributed by atoms with Gasteiger partial charge in [0.1, 0.15) is 5.82 Å². The highest BCUT2D eigenvalue weighted by atomic mass is 16.2. The molecule has 2 aromatic rings. The fraction of sp³-hybridized carbons (Fsp3) is 0.444. The van der Waals surface area contributed by atoms with Crippen LogP contribution in [0.1, 0.15) is 24.5 Å². The minimum atomic E-state index is -0.330. The Morgan fingerprint density at radius 2 is 1.62 bits per heavy atom. The summed E-state index contributed by atoms with van der Waals surface area (Å²) in [4.78, 5) is 26.4. The number of aryl methyl sites for hydroxylation is 1. The second-order valence-corrected chi connectivity index (χ2v) is 6.30. The van der Waals surface area contributed by atoms with Crippen molar-refractivity contribution in [3.05, 3.63) is 62.3 Å². The molecule has 0 saturated heterocycles. The summed E-state index contributed by atoms with van der Waals surface area (Å²) in [5, 5.41) is 0. The minimum Gasteiger partial charge on any atom is -0.385 e. The third-order valence-electron chi connectivity index (χ3n) is 3.90. The Morgan fingerprint density at radius 3 is 2.21 bits per heavy atom. The van der Waals surface area contributed by atoms with Crippen molar-refractivity contribution in [2.24, 2.45) is 0 Å². The van der Waals surface area contributed by atoms with Crippen LogP contribution in [0.4, 0.5) is 5.82 Å². The predicted octanol–water partition coefficient (Wildman–Crippen LogP) is 1.31. The molecule has 1 aromatic heterocycles. The van der Waals surface area contributed by atoms with Crippen molar-refractivity contribution >= 4 is 5.82 Å². The van der Waals surface area contributed by atoms with E-state index in [-0.39, 0.29) is 17.1 Å². The molecule has 2 N–H and O–H groups in total. The van der Waals surface area contributed by atoms with Gasteiger partial charge in [-0.2, -0.15) is 0 Å². The van der Waals surface area contributed by atoms with Crippen molar-refractivity contribution < 1.29 is 0 Å². The molecule has 1 heterocycles. The summed E-state index contributed by atoms with van der Waals surface area (Å²) in [5.41, 5.74) is 7.60. The molecule has 0 spiro atoms. The van der Waals surface area contributed by atoms with E-state index in [0.717, 1.165) is 18.5 Å². The molecule has 0 fully saturated rings. The summed E-state index contributed by atoms with van der Waals surface area (Å²) in [5.74, 6) is 0.224. The molecular weight excluding hydrogens is 304 g/mol. The van der Waals surface area contributed by atoms with Crippen LogP contribution < -0.4 is 17.0 Å². The normalized spacial score (nSPS) is 11.2. The van der Waals surface area contributed by atoms with E-state index in [0.29, 0.717) is 19.5 Å². The molecule has 6 heteroatoms. The molecule has 6 nitrogen and oxygen atoms in total. The van der Waals surface area contributed by atoms with E-state index in [4.69, 9.17) is 5.73 Å². The van der Waals surface area contributed by atoms with Crippen molar-refractivity contribution in [3.8, 4) is 0 Å². The lowest BCUT2D eigenvalue weighted by molar-refractivity contribution is 0.402. The van der Waals surface area contributed by atoms with E-state index >= 15 is 0 Å². The number of rotatable bonds is 7. The fourth-order valence-corrected chi connectivity index (χ4v) is 2.70. The van der Waals surface area contributed by atoms with Crippen molar-refractivity contribution in [2.75, 3.05) is 19.8 Å². The Bertz CT molecular complexity index is 788. The zero-order valence-corrected chi connectivity index (χ0v) is 14.7. The number of hydrogen-bond acceptors (Lipinski definition) is 4. The van der Waals surface area contributed by atoms with Gasteiger partial charge in [0, 0.05) is 25.7 Å². The summed E-state index contributed by atoms with van der Waals surface area (Å²) in [6.45, 7) is 3.70. The first kappa shape index (κ1) is 18.0. The van der Waals surface area contributed by atoms with Crippen LogP contribution in [0.25, 0.3) is 0 Å². The maximum Gasteiger partial charge on any atom is 0.332 e. The number of nitrogens with zero attached hydrogens (tertiary/aromatic N) is 3. The summed E-state index contributed by atoms with van der Waals surface area (Å²) in [7, 11) is 4.07. The van der Waals surface area contributed by atoms with Crippen LogP contribution in [0.3, 0.4) is 0 Å². The monoisotopic (exact) mass is 330 g/mol. The molecule has 0 unspecified atom stereocenters. The lowest BCUT2D eigenvalue weighted by Crippen LogP contribution is -2.40. The molecule has 1 aromatic carbocycles. The Labute approximate surface area is 142 Å². The van der Waals surface area contributed by atoms with E-state index in [9.17, 15) is 9.59 Å². The van der Waals surface area contributed by atoms with Crippen molar-refractivity contribution in [2.45, 2.75) is 39.4 Å². The van der Waals surface area contributed by atoms with Gasteiger partial charge in [-0.1, -0.05) is 31.2 Å². The van der Waals surface area contributed by atoms with Crippen LogP contribution >= 0.6 is 0 Å². The summed E-state index contributed by atoms with van der Waals surface area (Å²) in [6.07, 6.45) is 1.42. The van der Waals surface area contributed by atoms with Crippen LogP contribution in [0.5, 0.6) is 0 Å². The first-order chi connectivity index (χ1) is 11.4. The van der Waals surface area contributed by atoms with Gasteiger partial charge in [-0.25, -0.2) is 4.79 Å². The summed E-state index contributed by atoms with van der Waals surface area (Å²) in [6, 6.07) is 9.67. The maximum atomic E-state index is 12.4. The Kier molecular flexibility index (Phi) is 5.98. The number of nitrogen functional groups attached to an aromatic ring is 1. The van der Waals surface area contributed by atoms with Gasteiger partial charge in [0.05, 0.1) is 0 Å². The molecule has 0 aliphatic rings. The fourth-order valence-electron chi connectivity index (χ4n) is 2.70. The topological polar surface area (TPSA) is 73.3 Å². The first-order valence-electron chi connectivity index (χ1n) is 8.25. The van der Waals surface area contributed by atoms with Crippen molar-refractivity contribution in [1.29, 1.82) is 0 Å². The van der Waals surface area contributed by atoms with Crippen molar-refractivity contribution in [3.63, 3.8) is 0 Å². The lowest BCUT2D eigenvalue weighted by Gasteiger charge is -2.13. The standard InChI is InChI=1S/C18H26N4O2/c1-4-10-22-17(23)12-16(19)21(18(22)24)11-9-14-5-7-15(8-6-14)13-20(2)3/h5-8,12H,4,9-11,13,19H2,1-3H3. The number of anilines is 1. The molecule has 2 rings (SSSR count). The van der Waals surface area contributed by atoms with Gasteiger partial charge in [0.2, 0.25) is 0 Å². The van der Waals surface area contributed by atoms with Crippen LogP contribution in [0.2, 0.25) is 0 Å². The van der Waals surface area contributed by atoms with Crippen LogP contribution in [0, 0.1) is 0 Å². The second-order valence-electron chi connectivity index (χ2n) is 6.30. The number of nitrogens with two attached hydrogens (primary N) is 1. The Hall–Kier alpha value is -2.34. The molecular formula is C18H26N4O2. The predicted molar refractivity (Wildman–Crippen MR) is 97.2 cm³/mol. The van der Waals surface area contributed by atoms with Gasteiger partial charge in [-0.3, -0.25) is 13.9 Å². The summed E-state index contributed by atoms with van der Waals surface area (Å²) < 4.78 is 2.72. The zero-order chi connectivity index (χ0) is 17.7.